The summed E-state index contributed by atoms with van der Waals surface area (Å²) in [6.07, 6.45) is 4.40. The van der Waals surface area contributed by atoms with E-state index in [1.54, 1.807) is 20.3 Å². The molecule has 1 unspecified atom stereocenters. The summed E-state index contributed by atoms with van der Waals surface area (Å²) < 4.78 is 10.5. The van der Waals surface area contributed by atoms with Gasteiger partial charge in [0.05, 0.1) is 19.6 Å². The summed E-state index contributed by atoms with van der Waals surface area (Å²) in [5.74, 6) is 1.29. The summed E-state index contributed by atoms with van der Waals surface area (Å²) >= 11 is 12.6. The summed E-state index contributed by atoms with van der Waals surface area (Å²) in [7, 11) is 3.20. The molecule has 1 aromatic carbocycles. The molecule has 0 heterocycles. The highest BCUT2D eigenvalue weighted by atomic mass is 35.5. The first-order chi connectivity index (χ1) is 8.63. The highest BCUT2D eigenvalue weighted by Gasteiger charge is 2.16. The minimum absolute atomic E-state index is 0.0798. The number of methoxy groups -OCH3 is 2. The molecule has 1 rings (SSSR count). The molecule has 1 aromatic rings. The van der Waals surface area contributed by atoms with Crippen LogP contribution in [0.15, 0.2) is 12.1 Å². The molecule has 0 N–H and O–H groups in total. The van der Waals surface area contributed by atoms with E-state index in [9.17, 15) is 0 Å². The van der Waals surface area contributed by atoms with Gasteiger partial charge in [0.2, 0.25) is 0 Å². The van der Waals surface area contributed by atoms with Crippen LogP contribution in [0.5, 0.6) is 11.5 Å². The average molecular weight is 291 g/mol. The van der Waals surface area contributed by atoms with Crippen molar-refractivity contribution in [2.45, 2.75) is 38.0 Å². The number of rotatable bonds is 7. The molecule has 0 saturated heterocycles. The summed E-state index contributed by atoms with van der Waals surface area (Å²) in [6, 6.07) is 3.62. The second kappa shape index (κ2) is 7.75. The molecule has 0 amide bonds. The Morgan fingerprint density at radius 3 is 2.28 bits per heavy atom. The van der Waals surface area contributed by atoms with Gasteiger partial charge in [-0.1, -0.05) is 37.8 Å². The zero-order valence-corrected chi connectivity index (χ0v) is 12.6. The fourth-order valence-electron chi connectivity index (χ4n) is 1.84. The number of hydrogen-bond acceptors (Lipinski definition) is 2. The minimum Gasteiger partial charge on any atom is -0.493 e. The van der Waals surface area contributed by atoms with Crippen LogP contribution >= 0.6 is 23.2 Å². The van der Waals surface area contributed by atoms with E-state index in [4.69, 9.17) is 32.7 Å². The molecule has 0 aliphatic rings. The number of halogens is 2. The molecule has 0 radical (unpaired) electrons. The smallest absolute Gasteiger partial charge is 0.162 e. The lowest BCUT2D eigenvalue weighted by Crippen LogP contribution is -1.97. The molecule has 2 nitrogen and oxygen atoms in total. The normalized spacial score (nSPS) is 12.3. The Morgan fingerprint density at radius 2 is 1.72 bits per heavy atom. The quantitative estimate of drug-likeness (QED) is 0.506. The van der Waals surface area contributed by atoms with Gasteiger partial charge in [0.15, 0.2) is 11.5 Å². The molecule has 0 aromatic heterocycles. The molecule has 0 bridgehead atoms. The molecule has 0 spiro atoms. The Hall–Kier alpha value is -0.600. The summed E-state index contributed by atoms with van der Waals surface area (Å²) in [6.45, 7) is 2.17. The van der Waals surface area contributed by atoms with Gasteiger partial charge in [-0.25, -0.2) is 0 Å². The van der Waals surface area contributed by atoms with Crippen LogP contribution in [0.25, 0.3) is 0 Å². The van der Waals surface area contributed by atoms with Gasteiger partial charge >= 0.3 is 0 Å². The standard InChI is InChI=1S/C14H20Cl2O2/c1-4-5-6-7-11(15)10-8-13(17-2)14(18-3)9-12(10)16/h8-9,11H,4-7H2,1-3H3. The van der Waals surface area contributed by atoms with Crippen molar-refractivity contribution in [1.29, 1.82) is 0 Å². The van der Waals surface area contributed by atoms with Crippen molar-refractivity contribution in [3.8, 4) is 11.5 Å². The van der Waals surface area contributed by atoms with Gasteiger partial charge < -0.3 is 9.47 Å². The molecular weight excluding hydrogens is 271 g/mol. The van der Waals surface area contributed by atoms with Crippen LogP contribution in [0.3, 0.4) is 0 Å². The van der Waals surface area contributed by atoms with Crippen molar-refractivity contribution < 1.29 is 9.47 Å². The van der Waals surface area contributed by atoms with Crippen molar-refractivity contribution in [2.24, 2.45) is 0 Å². The number of ether oxygens (including phenoxy) is 2. The summed E-state index contributed by atoms with van der Waals surface area (Å²) in [4.78, 5) is 0. The van der Waals surface area contributed by atoms with Crippen molar-refractivity contribution in [3.05, 3.63) is 22.7 Å². The lowest BCUT2D eigenvalue weighted by Gasteiger charge is -2.15. The lowest BCUT2D eigenvalue weighted by molar-refractivity contribution is 0.354. The molecule has 4 heteroatoms. The maximum Gasteiger partial charge on any atom is 0.162 e. The Labute approximate surface area is 119 Å². The predicted molar refractivity (Wildman–Crippen MR) is 77.3 cm³/mol. The third kappa shape index (κ3) is 3.96. The first kappa shape index (κ1) is 15.5. The van der Waals surface area contributed by atoms with Crippen molar-refractivity contribution in [3.63, 3.8) is 0 Å². The zero-order valence-electron chi connectivity index (χ0n) is 11.1. The van der Waals surface area contributed by atoms with E-state index in [2.05, 4.69) is 6.92 Å². The third-order valence-corrected chi connectivity index (χ3v) is 3.68. The summed E-state index contributed by atoms with van der Waals surface area (Å²) in [5, 5.41) is 0.549. The topological polar surface area (TPSA) is 18.5 Å². The molecule has 0 saturated carbocycles. The predicted octanol–water partition coefficient (Wildman–Crippen LogP) is 5.22. The van der Waals surface area contributed by atoms with Crippen molar-refractivity contribution in [2.75, 3.05) is 14.2 Å². The third-order valence-electron chi connectivity index (χ3n) is 2.90. The van der Waals surface area contributed by atoms with E-state index in [1.165, 1.54) is 12.8 Å². The van der Waals surface area contributed by atoms with Gasteiger partial charge in [0.25, 0.3) is 0 Å². The van der Waals surface area contributed by atoms with E-state index >= 15 is 0 Å². The number of alkyl halides is 1. The van der Waals surface area contributed by atoms with Gasteiger partial charge in [0.1, 0.15) is 0 Å². The maximum absolute atomic E-state index is 6.39. The van der Waals surface area contributed by atoms with Crippen LogP contribution in [0.2, 0.25) is 5.02 Å². The van der Waals surface area contributed by atoms with Gasteiger partial charge in [-0.3, -0.25) is 0 Å². The van der Waals surface area contributed by atoms with Crippen LogP contribution in [-0.2, 0) is 0 Å². The largest absolute Gasteiger partial charge is 0.493 e. The number of benzene rings is 1. The molecule has 0 fully saturated rings. The van der Waals surface area contributed by atoms with E-state index < -0.39 is 0 Å². The van der Waals surface area contributed by atoms with Crippen LogP contribution in [0.1, 0.15) is 43.5 Å². The second-order valence-electron chi connectivity index (χ2n) is 4.19. The molecule has 1 atom stereocenters. The zero-order chi connectivity index (χ0) is 13.5. The van der Waals surface area contributed by atoms with Crippen LogP contribution in [-0.4, -0.2) is 14.2 Å². The maximum atomic E-state index is 6.39. The fourth-order valence-corrected chi connectivity index (χ4v) is 2.52. The summed E-state index contributed by atoms with van der Waals surface area (Å²) in [5.41, 5.74) is 0.909. The van der Waals surface area contributed by atoms with Crippen LogP contribution in [0, 0.1) is 0 Å². The minimum atomic E-state index is -0.0798. The van der Waals surface area contributed by atoms with Gasteiger partial charge in [-0.05, 0) is 18.1 Å². The van der Waals surface area contributed by atoms with Crippen LogP contribution in [0.4, 0.5) is 0 Å². The van der Waals surface area contributed by atoms with E-state index in [0.717, 1.165) is 18.4 Å². The Morgan fingerprint density at radius 1 is 1.11 bits per heavy atom. The molecule has 102 valence electrons. The van der Waals surface area contributed by atoms with Gasteiger partial charge in [0, 0.05) is 11.1 Å². The van der Waals surface area contributed by atoms with Crippen molar-refractivity contribution in [1.82, 2.24) is 0 Å². The first-order valence-corrected chi connectivity index (χ1v) is 7.01. The Bertz CT molecular complexity index is 380. The monoisotopic (exact) mass is 290 g/mol. The number of unbranched alkanes of at least 4 members (excludes halogenated alkanes) is 2. The number of hydrogen-bond donors (Lipinski definition) is 0. The average Bonchev–Trinajstić information content (AvgIpc) is 2.38. The second-order valence-corrected chi connectivity index (χ2v) is 5.13. The van der Waals surface area contributed by atoms with E-state index in [0.29, 0.717) is 16.5 Å². The first-order valence-electron chi connectivity index (χ1n) is 6.19. The van der Waals surface area contributed by atoms with E-state index in [-0.39, 0.29) is 5.38 Å². The highest BCUT2D eigenvalue weighted by Crippen LogP contribution is 2.39. The van der Waals surface area contributed by atoms with Crippen LogP contribution < -0.4 is 9.47 Å². The Kier molecular flexibility index (Phi) is 6.66. The lowest BCUT2D eigenvalue weighted by atomic mass is 10.0. The highest BCUT2D eigenvalue weighted by molar-refractivity contribution is 6.33. The molecule has 0 aliphatic heterocycles. The fraction of sp³-hybridized carbons (Fsp3) is 0.571. The molecule has 0 aliphatic carbocycles. The van der Waals surface area contributed by atoms with Gasteiger partial charge in [-0.2, -0.15) is 0 Å². The molecular formula is C14H20Cl2O2. The Balaban J connectivity index is 2.87. The van der Waals surface area contributed by atoms with Gasteiger partial charge in [-0.15, -0.1) is 11.6 Å². The molecule has 18 heavy (non-hydrogen) atoms. The SMILES string of the molecule is CCCCCC(Cl)c1cc(OC)c(OC)cc1Cl. The van der Waals surface area contributed by atoms with Crippen molar-refractivity contribution >= 4 is 23.2 Å². The van der Waals surface area contributed by atoms with E-state index in [1.807, 2.05) is 6.07 Å².